The number of carbonyl (C=O) groups is 2. The SMILES string of the molecule is CCCCCCCCCCCC(=O)CCCCCCCCCCCCCC(C)=O. The Morgan fingerprint density at radius 1 is 0.414 bits per heavy atom. The summed E-state index contributed by atoms with van der Waals surface area (Å²) in [5.74, 6) is 0.827. The van der Waals surface area contributed by atoms with Crippen LogP contribution in [0.2, 0.25) is 0 Å². The molecule has 0 N–H and O–H groups in total. The van der Waals surface area contributed by atoms with Crippen molar-refractivity contribution in [1.29, 1.82) is 0 Å². The first-order chi connectivity index (χ1) is 14.2. The maximum atomic E-state index is 12.0. The van der Waals surface area contributed by atoms with Crippen molar-refractivity contribution in [3.8, 4) is 0 Å². The van der Waals surface area contributed by atoms with Crippen LogP contribution in [0.3, 0.4) is 0 Å². The number of unbranched alkanes of at least 4 members (excludes halogenated alkanes) is 18. The zero-order valence-corrected chi connectivity index (χ0v) is 20.1. The van der Waals surface area contributed by atoms with Crippen molar-refractivity contribution in [2.45, 2.75) is 162 Å². The predicted molar refractivity (Wildman–Crippen MR) is 128 cm³/mol. The van der Waals surface area contributed by atoms with Crippen LogP contribution in [-0.4, -0.2) is 11.6 Å². The van der Waals surface area contributed by atoms with Crippen LogP contribution in [0.4, 0.5) is 0 Å². The van der Waals surface area contributed by atoms with Crippen molar-refractivity contribution in [2.75, 3.05) is 0 Å². The van der Waals surface area contributed by atoms with E-state index in [9.17, 15) is 9.59 Å². The maximum absolute atomic E-state index is 12.0. The minimum Gasteiger partial charge on any atom is -0.300 e. The van der Waals surface area contributed by atoms with E-state index in [1.807, 2.05) is 0 Å². The van der Waals surface area contributed by atoms with Crippen molar-refractivity contribution in [3.63, 3.8) is 0 Å². The van der Waals surface area contributed by atoms with Crippen molar-refractivity contribution in [2.24, 2.45) is 0 Å². The molecule has 0 saturated heterocycles. The monoisotopic (exact) mass is 408 g/mol. The second-order valence-corrected chi connectivity index (χ2v) is 9.21. The third kappa shape index (κ3) is 25.3. The summed E-state index contributed by atoms with van der Waals surface area (Å²) >= 11 is 0. The highest BCUT2D eigenvalue weighted by atomic mass is 16.1. The van der Waals surface area contributed by atoms with E-state index in [1.54, 1.807) is 6.92 Å². The first-order valence-corrected chi connectivity index (χ1v) is 13.2. The minimum atomic E-state index is 0.329. The van der Waals surface area contributed by atoms with Gasteiger partial charge in [-0.25, -0.2) is 0 Å². The molecule has 0 unspecified atom stereocenters. The fraction of sp³-hybridized carbons (Fsp3) is 0.926. The molecule has 0 heterocycles. The van der Waals surface area contributed by atoms with Gasteiger partial charge in [0.25, 0.3) is 0 Å². The minimum absolute atomic E-state index is 0.329. The molecular weight excluding hydrogens is 356 g/mol. The summed E-state index contributed by atoms with van der Waals surface area (Å²) in [6.07, 6.45) is 28.2. The van der Waals surface area contributed by atoms with Gasteiger partial charge < -0.3 is 4.79 Å². The molecule has 2 heteroatoms. The van der Waals surface area contributed by atoms with E-state index in [1.165, 1.54) is 109 Å². The quantitative estimate of drug-likeness (QED) is 0.149. The second kappa shape index (κ2) is 23.6. The summed E-state index contributed by atoms with van der Waals surface area (Å²) in [5.41, 5.74) is 0. The third-order valence-corrected chi connectivity index (χ3v) is 6.04. The molecule has 0 spiro atoms. The van der Waals surface area contributed by atoms with Gasteiger partial charge in [0.05, 0.1) is 0 Å². The molecule has 0 aliphatic rings. The van der Waals surface area contributed by atoms with Crippen LogP contribution in [0.25, 0.3) is 0 Å². The number of hydrogen-bond donors (Lipinski definition) is 0. The topological polar surface area (TPSA) is 34.1 Å². The average molecular weight is 409 g/mol. The van der Waals surface area contributed by atoms with E-state index >= 15 is 0 Å². The first-order valence-electron chi connectivity index (χ1n) is 13.2. The Kier molecular flexibility index (Phi) is 23.1. The average Bonchev–Trinajstić information content (AvgIpc) is 2.70. The third-order valence-electron chi connectivity index (χ3n) is 6.04. The highest BCUT2D eigenvalue weighted by Crippen LogP contribution is 2.14. The van der Waals surface area contributed by atoms with Gasteiger partial charge in [0.1, 0.15) is 11.6 Å². The fourth-order valence-corrected chi connectivity index (χ4v) is 4.04. The lowest BCUT2D eigenvalue weighted by molar-refractivity contribution is -0.119. The molecule has 0 atom stereocenters. The summed E-state index contributed by atoms with van der Waals surface area (Å²) in [7, 11) is 0. The van der Waals surface area contributed by atoms with Crippen LogP contribution in [-0.2, 0) is 9.59 Å². The van der Waals surface area contributed by atoms with Gasteiger partial charge in [0, 0.05) is 19.3 Å². The number of rotatable bonds is 24. The van der Waals surface area contributed by atoms with E-state index in [-0.39, 0.29) is 0 Å². The predicted octanol–water partition coefficient (Wildman–Crippen LogP) is 9.14. The Morgan fingerprint density at radius 2 is 0.690 bits per heavy atom. The molecule has 0 bridgehead atoms. The van der Waals surface area contributed by atoms with Crippen LogP contribution >= 0.6 is 0 Å². The first kappa shape index (κ1) is 28.3. The van der Waals surface area contributed by atoms with Crippen LogP contribution < -0.4 is 0 Å². The van der Waals surface area contributed by atoms with E-state index in [0.29, 0.717) is 11.6 Å². The molecule has 29 heavy (non-hydrogen) atoms. The fourth-order valence-electron chi connectivity index (χ4n) is 4.04. The molecular formula is C27H52O2. The maximum Gasteiger partial charge on any atom is 0.132 e. The standard InChI is InChI=1S/C27H52O2/c1-3-4-5-6-7-11-15-18-21-24-27(29)25-22-19-16-13-10-8-9-12-14-17-20-23-26(2)28/h3-25H2,1-2H3. The molecule has 0 radical (unpaired) electrons. The van der Waals surface area contributed by atoms with Gasteiger partial charge in [-0.3, -0.25) is 4.79 Å². The normalized spacial score (nSPS) is 11.1. The number of hydrogen-bond acceptors (Lipinski definition) is 2. The highest BCUT2D eigenvalue weighted by molar-refractivity contribution is 5.78. The van der Waals surface area contributed by atoms with Crippen LogP contribution in [0.5, 0.6) is 0 Å². The van der Waals surface area contributed by atoms with E-state index in [0.717, 1.165) is 38.5 Å². The highest BCUT2D eigenvalue weighted by Gasteiger charge is 2.02. The zero-order chi connectivity index (χ0) is 21.4. The number of ketones is 2. The molecule has 0 aromatic rings. The molecule has 0 amide bonds. The molecule has 0 saturated carbocycles. The van der Waals surface area contributed by atoms with Gasteiger partial charge >= 0.3 is 0 Å². The Hall–Kier alpha value is -0.660. The second-order valence-electron chi connectivity index (χ2n) is 9.21. The Balaban J connectivity index is 3.15. The zero-order valence-electron chi connectivity index (χ0n) is 20.1. The lowest BCUT2D eigenvalue weighted by atomic mass is 10.0. The Bertz CT molecular complexity index is 362. The molecule has 0 fully saturated rings. The molecule has 2 nitrogen and oxygen atoms in total. The van der Waals surface area contributed by atoms with E-state index in [2.05, 4.69) is 6.92 Å². The van der Waals surface area contributed by atoms with Crippen LogP contribution in [0, 0.1) is 0 Å². The van der Waals surface area contributed by atoms with Crippen LogP contribution in [0.15, 0.2) is 0 Å². The Labute approximate surface area is 183 Å². The summed E-state index contributed by atoms with van der Waals surface area (Å²) in [6, 6.07) is 0. The summed E-state index contributed by atoms with van der Waals surface area (Å²) < 4.78 is 0. The van der Waals surface area contributed by atoms with Crippen molar-refractivity contribution < 1.29 is 9.59 Å². The van der Waals surface area contributed by atoms with Gasteiger partial charge in [-0.15, -0.1) is 0 Å². The van der Waals surface area contributed by atoms with Gasteiger partial charge in [0.2, 0.25) is 0 Å². The summed E-state index contributed by atoms with van der Waals surface area (Å²) in [6.45, 7) is 3.95. The summed E-state index contributed by atoms with van der Waals surface area (Å²) in [5, 5.41) is 0. The van der Waals surface area contributed by atoms with Gasteiger partial charge in [-0.1, -0.05) is 116 Å². The lowest BCUT2D eigenvalue weighted by Gasteiger charge is -2.04. The van der Waals surface area contributed by atoms with Crippen molar-refractivity contribution >= 4 is 11.6 Å². The van der Waals surface area contributed by atoms with Gasteiger partial charge in [-0.2, -0.15) is 0 Å². The smallest absolute Gasteiger partial charge is 0.132 e. The lowest BCUT2D eigenvalue weighted by Crippen LogP contribution is -1.97. The van der Waals surface area contributed by atoms with E-state index in [4.69, 9.17) is 0 Å². The Morgan fingerprint density at radius 3 is 1.00 bits per heavy atom. The molecule has 0 aliphatic carbocycles. The molecule has 0 rings (SSSR count). The van der Waals surface area contributed by atoms with Crippen LogP contribution in [0.1, 0.15) is 162 Å². The molecule has 0 aromatic carbocycles. The largest absolute Gasteiger partial charge is 0.300 e. The number of carbonyl (C=O) groups excluding carboxylic acids is 2. The van der Waals surface area contributed by atoms with Crippen molar-refractivity contribution in [1.82, 2.24) is 0 Å². The van der Waals surface area contributed by atoms with E-state index < -0.39 is 0 Å². The molecule has 172 valence electrons. The molecule has 0 aliphatic heterocycles. The van der Waals surface area contributed by atoms with Crippen molar-refractivity contribution in [3.05, 3.63) is 0 Å². The van der Waals surface area contributed by atoms with Gasteiger partial charge in [0.15, 0.2) is 0 Å². The molecule has 0 aromatic heterocycles. The number of Topliss-reactive ketones (excluding diaryl/α,β-unsaturated/α-hetero) is 2. The van der Waals surface area contributed by atoms with Gasteiger partial charge in [-0.05, 0) is 26.2 Å². The summed E-state index contributed by atoms with van der Waals surface area (Å²) in [4.78, 5) is 22.8.